The first kappa shape index (κ1) is 16.2. The maximum absolute atomic E-state index is 6.17. The van der Waals surface area contributed by atoms with Gasteiger partial charge in [-0.15, -0.1) is 5.10 Å². The lowest BCUT2D eigenvalue weighted by molar-refractivity contribution is 0.269. The summed E-state index contributed by atoms with van der Waals surface area (Å²) < 4.78 is 0. The van der Waals surface area contributed by atoms with Crippen molar-refractivity contribution in [2.24, 2.45) is 0 Å². The molecule has 3 rings (SSSR count). The monoisotopic (exact) mass is 352 g/mol. The van der Waals surface area contributed by atoms with Gasteiger partial charge in [-0.25, -0.2) is 0 Å². The second kappa shape index (κ2) is 7.29. The molecule has 122 valence electrons. The minimum absolute atomic E-state index is 0.575. The molecule has 2 heterocycles. The minimum Gasteiger partial charge on any atom is -0.338 e. The Morgan fingerprint density at radius 3 is 2.70 bits per heavy atom. The van der Waals surface area contributed by atoms with Crippen LogP contribution in [0.5, 0.6) is 0 Å². The van der Waals surface area contributed by atoms with Crippen LogP contribution in [0.4, 0.5) is 17.5 Å². The molecule has 1 aliphatic rings. The summed E-state index contributed by atoms with van der Waals surface area (Å²) in [5.41, 5.74) is 0.696. The Morgan fingerprint density at radius 1 is 1.17 bits per heavy atom. The molecular formula is C15H18Cl2N6. The van der Waals surface area contributed by atoms with E-state index in [4.69, 9.17) is 23.2 Å². The normalized spacial score (nSPS) is 15.7. The van der Waals surface area contributed by atoms with Crippen molar-refractivity contribution in [3.8, 4) is 0 Å². The first-order valence-electron chi connectivity index (χ1n) is 7.55. The lowest BCUT2D eigenvalue weighted by Crippen LogP contribution is -2.46. The van der Waals surface area contributed by atoms with Crippen LogP contribution < -0.4 is 10.2 Å². The van der Waals surface area contributed by atoms with E-state index in [0.29, 0.717) is 27.5 Å². The van der Waals surface area contributed by atoms with Crippen molar-refractivity contribution in [3.63, 3.8) is 0 Å². The highest BCUT2D eigenvalue weighted by Crippen LogP contribution is 2.28. The van der Waals surface area contributed by atoms with E-state index in [1.807, 2.05) is 0 Å². The molecule has 0 saturated carbocycles. The summed E-state index contributed by atoms with van der Waals surface area (Å²) in [5.74, 6) is 1.22. The number of nitrogens with zero attached hydrogens (tertiary/aromatic N) is 5. The highest BCUT2D eigenvalue weighted by Gasteiger charge is 2.18. The van der Waals surface area contributed by atoms with Gasteiger partial charge in [0.25, 0.3) is 0 Å². The Bertz CT molecular complexity index is 673. The number of piperazine rings is 1. The Balaban J connectivity index is 1.74. The zero-order chi connectivity index (χ0) is 16.2. The molecule has 1 aromatic carbocycles. The maximum atomic E-state index is 6.17. The molecule has 6 nitrogen and oxygen atoms in total. The molecule has 0 atom stereocenters. The second-order valence-corrected chi connectivity index (χ2v) is 6.16. The zero-order valence-corrected chi connectivity index (χ0v) is 14.3. The number of likely N-dealkylation sites (N-methyl/N-ethyl adjacent to an activating group) is 1. The Kier molecular flexibility index (Phi) is 5.15. The van der Waals surface area contributed by atoms with Crippen LogP contribution in [-0.2, 0) is 0 Å². The van der Waals surface area contributed by atoms with Gasteiger partial charge in [0.2, 0.25) is 5.95 Å². The van der Waals surface area contributed by atoms with E-state index in [-0.39, 0.29) is 0 Å². The van der Waals surface area contributed by atoms with Crippen LogP contribution in [0.1, 0.15) is 6.92 Å². The van der Waals surface area contributed by atoms with Crippen LogP contribution in [0, 0.1) is 0 Å². The minimum atomic E-state index is 0.575. The van der Waals surface area contributed by atoms with Crippen LogP contribution in [0.2, 0.25) is 10.0 Å². The van der Waals surface area contributed by atoms with Crippen molar-refractivity contribution in [1.29, 1.82) is 0 Å². The van der Waals surface area contributed by atoms with Crippen molar-refractivity contribution in [1.82, 2.24) is 20.1 Å². The first-order chi connectivity index (χ1) is 11.2. The predicted molar refractivity (Wildman–Crippen MR) is 93.9 cm³/mol. The molecule has 0 spiro atoms. The fourth-order valence-corrected chi connectivity index (χ4v) is 2.82. The van der Waals surface area contributed by atoms with Crippen LogP contribution in [-0.4, -0.2) is 52.8 Å². The van der Waals surface area contributed by atoms with E-state index < -0.39 is 0 Å². The van der Waals surface area contributed by atoms with E-state index in [9.17, 15) is 0 Å². The molecule has 0 bridgehead atoms. The van der Waals surface area contributed by atoms with Gasteiger partial charge in [-0.3, -0.25) is 0 Å². The molecule has 0 amide bonds. The average molecular weight is 353 g/mol. The maximum Gasteiger partial charge on any atom is 0.247 e. The fraction of sp³-hybridized carbons (Fsp3) is 0.400. The van der Waals surface area contributed by atoms with E-state index in [0.717, 1.165) is 32.7 Å². The number of halogens is 2. The third kappa shape index (κ3) is 4.02. The van der Waals surface area contributed by atoms with Crippen molar-refractivity contribution in [3.05, 3.63) is 34.4 Å². The van der Waals surface area contributed by atoms with Crippen LogP contribution in [0.15, 0.2) is 24.4 Å². The van der Waals surface area contributed by atoms with Gasteiger partial charge >= 0.3 is 0 Å². The molecule has 23 heavy (non-hydrogen) atoms. The molecule has 0 radical (unpaired) electrons. The summed E-state index contributed by atoms with van der Waals surface area (Å²) in [6.07, 6.45) is 1.57. The summed E-state index contributed by atoms with van der Waals surface area (Å²) in [6, 6.07) is 5.24. The Labute approximate surface area is 145 Å². The second-order valence-electron chi connectivity index (χ2n) is 5.31. The number of nitrogens with one attached hydrogen (secondary N) is 1. The lowest BCUT2D eigenvalue weighted by Gasteiger charge is -2.33. The summed E-state index contributed by atoms with van der Waals surface area (Å²) in [6.45, 7) is 7.07. The molecule has 2 aromatic rings. The van der Waals surface area contributed by atoms with Gasteiger partial charge in [0, 0.05) is 31.2 Å². The number of anilines is 3. The smallest absolute Gasteiger partial charge is 0.247 e. The van der Waals surface area contributed by atoms with Gasteiger partial charge in [0.1, 0.15) is 0 Å². The molecular weight excluding hydrogens is 335 g/mol. The quantitative estimate of drug-likeness (QED) is 0.912. The number of hydrogen-bond donors (Lipinski definition) is 1. The Hall–Kier alpha value is -1.63. The summed E-state index contributed by atoms with van der Waals surface area (Å²) in [5, 5.41) is 12.5. The highest BCUT2D eigenvalue weighted by atomic mass is 35.5. The molecule has 0 unspecified atom stereocenters. The molecule has 8 heteroatoms. The summed E-state index contributed by atoms with van der Waals surface area (Å²) in [7, 11) is 0. The predicted octanol–water partition coefficient (Wildman–Crippen LogP) is 3.06. The summed E-state index contributed by atoms with van der Waals surface area (Å²) in [4.78, 5) is 9.08. The zero-order valence-electron chi connectivity index (χ0n) is 12.8. The van der Waals surface area contributed by atoms with Crippen LogP contribution >= 0.6 is 23.2 Å². The molecule has 1 saturated heterocycles. The third-order valence-corrected chi connectivity index (χ3v) is 4.41. The molecule has 1 aromatic heterocycles. The summed E-state index contributed by atoms with van der Waals surface area (Å²) >= 11 is 12.2. The van der Waals surface area contributed by atoms with Gasteiger partial charge in [-0.1, -0.05) is 30.1 Å². The standard InChI is InChI=1S/C15H18Cl2N6/c1-2-22-5-7-23(8-6-22)15-20-14(10-18-21-15)19-13-9-11(16)3-4-12(13)17/h3-4,9-10H,2,5-8H2,1H3,(H,19,20,21). The van der Waals surface area contributed by atoms with E-state index >= 15 is 0 Å². The van der Waals surface area contributed by atoms with Gasteiger partial charge < -0.3 is 15.1 Å². The number of benzene rings is 1. The molecule has 0 aliphatic carbocycles. The highest BCUT2D eigenvalue weighted by molar-refractivity contribution is 6.35. The van der Waals surface area contributed by atoms with Gasteiger partial charge in [0.05, 0.1) is 16.9 Å². The van der Waals surface area contributed by atoms with Crippen LogP contribution in [0.3, 0.4) is 0 Å². The number of aromatic nitrogens is 3. The first-order valence-corrected chi connectivity index (χ1v) is 8.30. The van der Waals surface area contributed by atoms with E-state index in [1.54, 1.807) is 24.4 Å². The molecule has 1 fully saturated rings. The van der Waals surface area contributed by atoms with Gasteiger partial charge in [-0.2, -0.15) is 10.1 Å². The molecule has 1 N–H and O–H groups in total. The third-order valence-electron chi connectivity index (χ3n) is 3.84. The van der Waals surface area contributed by atoms with Crippen molar-refractivity contribution in [2.45, 2.75) is 6.92 Å². The Morgan fingerprint density at radius 2 is 1.96 bits per heavy atom. The van der Waals surface area contributed by atoms with Crippen molar-refractivity contribution < 1.29 is 0 Å². The van der Waals surface area contributed by atoms with Gasteiger partial charge in [-0.05, 0) is 24.7 Å². The molecule has 1 aliphatic heterocycles. The largest absolute Gasteiger partial charge is 0.338 e. The number of rotatable bonds is 4. The van der Waals surface area contributed by atoms with Crippen molar-refractivity contribution >= 4 is 40.7 Å². The number of hydrogen-bond acceptors (Lipinski definition) is 6. The fourth-order valence-electron chi connectivity index (χ4n) is 2.48. The van der Waals surface area contributed by atoms with E-state index in [2.05, 4.69) is 37.2 Å². The van der Waals surface area contributed by atoms with E-state index in [1.165, 1.54) is 0 Å². The van der Waals surface area contributed by atoms with Gasteiger partial charge in [0.15, 0.2) is 5.82 Å². The lowest BCUT2D eigenvalue weighted by atomic mass is 10.3. The SMILES string of the molecule is CCN1CCN(c2nncc(Nc3cc(Cl)ccc3Cl)n2)CC1. The topological polar surface area (TPSA) is 57.2 Å². The average Bonchev–Trinajstić information content (AvgIpc) is 2.58. The van der Waals surface area contributed by atoms with Crippen LogP contribution in [0.25, 0.3) is 0 Å². The van der Waals surface area contributed by atoms with Crippen molar-refractivity contribution in [2.75, 3.05) is 42.9 Å².